The zero-order valence-electron chi connectivity index (χ0n) is 20.0. The molecule has 0 N–H and O–H groups in total. The van der Waals surface area contributed by atoms with Crippen LogP contribution >= 0.6 is 11.8 Å². The van der Waals surface area contributed by atoms with E-state index < -0.39 is 11.3 Å². The first kappa shape index (κ1) is 25.2. The number of fused-ring (bicyclic) bond motifs is 1. The van der Waals surface area contributed by atoms with Crippen molar-refractivity contribution in [2.75, 3.05) is 37.7 Å². The van der Waals surface area contributed by atoms with Crippen molar-refractivity contribution in [3.8, 4) is 0 Å². The molecule has 2 heterocycles. The summed E-state index contributed by atoms with van der Waals surface area (Å²) in [5.41, 5.74) is 3.55. The molecule has 0 fully saturated rings. The summed E-state index contributed by atoms with van der Waals surface area (Å²) in [6.45, 7) is 11.3. The SMILES string of the molecule is CCCC(=O)N1CCCc2cc(C3=NN(C(=O)OCCN(CC)CC)C(=O)SC3C)ccc21. The van der Waals surface area contributed by atoms with Crippen LogP contribution in [0.5, 0.6) is 0 Å². The van der Waals surface area contributed by atoms with E-state index in [9.17, 15) is 14.4 Å². The van der Waals surface area contributed by atoms with Crippen molar-refractivity contribution >= 4 is 40.4 Å². The number of nitrogens with zero attached hydrogens (tertiary/aromatic N) is 4. The summed E-state index contributed by atoms with van der Waals surface area (Å²) >= 11 is 1.06. The van der Waals surface area contributed by atoms with E-state index in [-0.39, 0.29) is 17.8 Å². The highest BCUT2D eigenvalue weighted by Crippen LogP contribution is 2.32. The molecule has 3 rings (SSSR count). The number of amides is 3. The smallest absolute Gasteiger partial charge is 0.438 e. The number of carbonyl (C=O) groups is 3. The van der Waals surface area contributed by atoms with Gasteiger partial charge in [0.05, 0.1) is 11.0 Å². The first-order valence-corrected chi connectivity index (χ1v) is 12.7. The third-order valence-electron chi connectivity index (χ3n) is 6.00. The standard InChI is InChI=1S/C24H34N4O4S/c1-5-9-21(29)27-13-8-10-18-16-19(11-12-20(18)27)22-17(4)33-24(31)28(25-22)23(30)32-15-14-26(6-2)7-3/h11-12,16-17H,5-10,13-15H2,1-4H3. The normalized spacial score (nSPS) is 18.3. The predicted octanol–water partition coefficient (Wildman–Crippen LogP) is 4.51. The number of likely N-dealkylation sites (N-methyl/N-ethyl adjacent to an activating group) is 1. The van der Waals surface area contributed by atoms with Crippen LogP contribution in [-0.4, -0.2) is 70.9 Å². The lowest BCUT2D eigenvalue weighted by Crippen LogP contribution is -2.39. The topological polar surface area (TPSA) is 82.5 Å². The second-order valence-electron chi connectivity index (χ2n) is 8.21. The van der Waals surface area contributed by atoms with Gasteiger partial charge in [-0.05, 0) is 62.5 Å². The van der Waals surface area contributed by atoms with Crippen molar-refractivity contribution in [2.45, 2.75) is 58.6 Å². The summed E-state index contributed by atoms with van der Waals surface area (Å²) in [5.74, 6) is 0.148. The Bertz CT molecular complexity index is 916. The molecule has 0 aliphatic carbocycles. The predicted molar refractivity (Wildman–Crippen MR) is 132 cm³/mol. The van der Waals surface area contributed by atoms with Crippen LogP contribution in [0.1, 0.15) is 58.1 Å². The minimum absolute atomic E-state index is 0.148. The number of imide groups is 1. The van der Waals surface area contributed by atoms with E-state index in [1.807, 2.05) is 50.8 Å². The van der Waals surface area contributed by atoms with Crippen LogP contribution in [0.15, 0.2) is 23.3 Å². The molecular weight excluding hydrogens is 440 g/mol. The summed E-state index contributed by atoms with van der Waals surface area (Å²) in [6.07, 6.45) is 2.40. The van der Waals surface area contributed by atoms with E-state index in [4.69, 9.17) is 4.74 Å². The molecule has 0 bridgehead atoms. The van der Waals surface area contributed by atoms with Gasteiger partial charge in [-0.1, -0.05) is 38.6 Å². The number of benzene rings is 1. The molecular formula is C24H34N4O4S. The van der Waals surface area contributed by atoms with E-state index in [0.29, 0.717) is 18.7 Å². The molecule has 2 aliphatic heterocycles. The van der Waals surface area contributed by atoms with Gasteiger partial charge in [0, 0.05) is 25.2 Å². The lowest BCUT2D eigenvalue weighted by atomic mass is 9.96. The molecule has 1 unspecified atom stereocenters. The molecule has 3 amide bonds. The number of hydrogen-bond acceptors (Lipinski definition) is 7. The van der Waals surface area contributed by atoms with Crippen molar-refractivity contribution in [1.29, 1.82) is 0 Å². The van der Waals surface area contributed by atoms with Gasteiger partial charge in [0.25, 0.3) is 0 Å². The molecule has 9 heteroatoms. The highest BCUT2D eigenvalue weighted by atomic mass is 32.2. The molecule has 0 radical (unpaired) electrons. The highest BCUT2D eigenvalue weighted by Gasteiger charge is 2.34. The van der Waals surface area contributed by atoms with Crippen LogP contribution in [0.25, 0.3) is 0 Å². The maximum absolute atomic E-state index is 12.6. The zero-order chi connectivity index (χ0) is 24.0. The maximum atomic E-state index is 12.6. The molecule has 0 saturated carbocycles. The summed E-state index contributed by atoms with van der Waals surface area (Å²) in [6, 6.07) is 5.92. The Morgan fingerprint density at radius 3 is 2.70 bits per heavy atom. The van der Waals surface area contributed by atoms with Crippen LogP contribution in [0.4, 0.5) is 15.3 Å². The lowest BCUT2D eigenvalue weighted by Gasteiger charge is -2.31. The first-order chi connectivity index (χ1) is 15.9. The first-order valence-electron chi connectivity index (χ1n) is 11.8. The van der Waals surface area contributed by atoms with Crippen molar-refractivity contribution < 1.29 is 19.1 Å². The number of anilines is 1. The molecule has 0 aromatic heterocycles. The molecule has 8 nitrogen and oxygen atoms in total. The molecule has 1 aromatic carbocycles. The maximum Gasteiger partial charge on any atom is 0.438 e. The molecule has 1 atom stereocenters. The summed E-state index contributed by atoms with van der Waals surface area (Å²) in [4.78, 5) is 41.6. The van der Waals surface area contributed by atoms with Crippen LogP contribution in [0.2, 0.25) is 0 Å². The number of ether oxygens (including phenoxy) is 1. The molecule has 2 aliphatic rings. The average Bonchev–Trinajstić information content (AvgIpc) is 2.81. The summed E-state index contributed by atoms with van der Waals surface area (Å²) < 4.78 is 5.32. The number of carbonyl (C=O) groups excluding carboxylic acids is 3. The van der Waals surface area contributed by atoms with Gasteiger partial charge in [0.2, 0.25) is 5.91 Å². The molecule has 33 heavy (non-hydrogen) atoms. The van der Waals surface area contributed by atoms with E-state index in [0.717, 1.165) is 72.5 Å². The van der Waals surface area contributed by atoms with Crippen LogP contribution in [0.3, 0.4) is 0 Å². The largest absolute Gasteiger partial charge is 0.446 e. The number of aryl methyl sites for hydroxylation is 1. The number of hydrazone groups is 1. The van der Waals surface area contributed by atoms with Gasteiger partial charge >= 0.3 is 11.3 Å². The van der Waals surface area contributed by atoms with Gasteiger partial charge in [-0.15, -0.1) is 5.01 Å². The Kier molecular flexibility index (Phi) is 8.91. The van der Waals surface area contributed by atoms with Crippen molar-refractivity contribution in [3.63, 3.8) is 0 Å². The Balaban J connectivity index is 1.79. The lowest BCUT2D eigenvalue weighted by molar-refractivity contribution is -0.118. The fourth-order valence-electron chi connectivity index (χ4n) is 4.12. The second kappa shape index (κ2) is 11.7. The monoisotopic (exact) mass is 474 g/mol. The van der Waals surface area contributed by atoms with Crippen LogP contribution < -0.4 is 4.90 Å². The second-order valence-corrected chi connectivity index (χ2v) is 9.50. The highest BCUT2D eigenvalue weighted by molar-refractivity contribution is 8.14. The Labute approximate surface area is 200 Å². The fraction of sp³-hybridized carbons (Fsp3) is 0.583. The number of thioether (sulfide) groups is 1. The van der Waals surface area contributed by atoms with E-state index in [1.54, 1.807) is 0 Å². The van der Waals surface area contributed by atoms with E-state index >= 15 is 0 Å². The molecule has 1 aromatic rings. The Hall–Kier alpha value is -2.39. The number of rotatable bonds is 8. The zero-order valence-corrected chi connectivity index (χ0v) is 20.8. The van der Waals surface area contributed by atoms with Crippen LogP contribution in [-0.2, 0) is 16.0 Å². The van der Waals surface area contributed by atoms with E-state index in [1.165, 1.54) is 0 Å². The van der Waals surface area contributed by atoms with Gasteiger partial charge < -0.3 is 14.5 Å². The molecule has 180 valence electrons. The quantitative estimate of drug-likeness (QED) is 0.551. The minimum atomic E-state index is -0.752. The van der Waals surface area contributed by atoms with Gasteiger partial charge in [-0.2, -0.15) is 5.10 Å². The van der Waals surface area contributed by atoms with Gasteiger partial charge in [-0.3, -0.25) is 9.59 Å². The van der Waals surface area contributed by atoms with E-state index in [2.05, 4.69) is 10.0 Å². The average molecular weight is 475 g/mol. The summed E-state index contributed by atoms with van der Waals surface area (Å²) in [5, 5.41) is 4.59. The van der Waals surface area contributed by atoms with Gasteiger partial charge in [0.15, 0.2) is 0 Å². The third-order valence-corrected chi connectivity index (χ3v) is 6.95. The van der Waals surface area contributed by atoms with Gasteiger partial charge in [-0.25, -0.2) is 4.79 Å². The number of hydrogen-bond donors (Lipinski definition) is 0. The van der Waals surface area contributed by atoms with Crippen LogP contribution in [0, 0.1) is 0 Å². The Morgan fingerprint density at radius 2 is 2.00 bits per heavy atom. The summed E-state index contributed by atoms with van der Waals surface area (Å²) in [7, 11) is 0. The van der Waals surface area contributed by atoms with Crippen molar-refractivity contribution in [2.24, 2.45) is 5.10 Å². The molecule has 0 saturated heterocycles. The van der Waals surface area contributed by atoms with Gasteiger partial charge in [0.1, 0.15) is 6.61 Å². The fourth-order valence-corrected chi connectivity index (χ4v) is 4.93. The van der Waals surface area contributed by atoms with Crippen molar-refractivity contribution in [1.82, 2.24) is 9.91 Å². The molecule has 0 spiro atoms. The third kappa shape index (κ3) is 5.95. The Morgan fingerprint density at radius 1 is 1.24 bits per heavy atom. The van der Waals surface area contributed by atoms with Crippen molar-refractivity contribution in [3.05, 3.63) is 29.3 Å². The minimum Gasteiger partial charge on any atom is -0.446 e.